The summed E-state index contributed by atoms with van der Waals surface area (Å²) in [6, 6.07) is 0. The molecule has 0 radical (unpaired) electrons. The Morgan fingerprint density at radius 2 is 0.620 bits per heavy atom. The number of carbonyl (C=O) groups is 3. The molecule has 92 heavy (non-hydrogen) atoms. The molecule has 0 heterocycles. The molecular weight excluding hydrogens is 1140 g/mol. The summed E-state index contributed by atoms with van der Waals surface area (Å²) in [5.74, 6) is -2.34. The van der Waals surface area contributed by atoms with Gasteiger partial charge in [-0.15, -0.1) is 0 Å². The molecule has 2 atom stereocenters. The van der Waals surface area contributed by atoms with Crippen LogP contribution in [0.4, 0.5) is 0 Å². The van der Waals surface area contributed by atoms with Crippen molar-refractivity contribution in [3.05, 3.63) is 122 Å². The first kappa shape index (κ1) is 87.7. The molecule has 2 unspecified atom stereocenters. The Bertz CT molecular complexity index is 1930. The lowest BCUT2D eigenvalue weighted by molar-refractivity contribution is -0.870. The van der Waals surface area contributed by atoms with E-state index < -0.39 is 24.3 Å². The number of carbonyl (C=O) groups excluding carboxylic acids is 3. The van der Waals surface area contributed by atoms with Gasteiger partial charge in [0.25, 0.3) is 0 Å². The minimum Gasteiger partial charge on any atom is -0.545 e. The summed E-state index contributed by atoms with van der Waals surface area (Å²) in [6.07, 6.45) is 100. The Balaban J connectivity index is 4.15. The van der Waals surface area contributed by atoms with Gasteiger partial charge in [-0.1, -0.05) is 347 Å². The molecule has 0 N–H and O–H groups in total. The molecule has 0 aliphatic rings. The normalized spacial score (nSPS) is 13.4. The van der Waals surface area contributed by atoms with Crippen molar-refractivity contribution in [3.63, 3.8) is 0 Å². The highest BCUT2D eigenvalue weighted by Gasteiger charge is 2.22. The van der Waals surface area contributed by atoms with Crippen LogP contribution in [-0.2, 0) is 33.3 Å². The van der Waals surface area contributed by atoms with E-state index in [-0.39, 0.29) is 38.6 Å². The average molecular weight is 1280 g/mol. The third-order valence-corrected chi connectivity index (χ3v) is 16.5. The van der Waals surface area contributed by atoms with Crippen LogP contribution in [0, 0.1) is 0 Å². The van der Waals surface area contributed by atoms with Crippen molar-refractivity contribution in [2.75, 3.05) is 47.5 Å². The predicted molar refractivity (Wildman–Crippen MR) is 393 cm³/mol. The number of carboxylic acid groups (broad SMARTS) is 1. The van der Waals surface area contributed by atoms with Crippen LogP contribution in [-0.4, -0.2) is 82.3 Å². The first-order valence-corrected chi connectivity index (χ1v) is 38.2. The number of unbranched alkanes of at least 4 members (excludes halogenated alkanes) is 35. The first-order valence-electron chi connectivity index (χ1n) is 38.2. The predicted octanol–water partition coefficient (Wildman–Crippen LogP) is 23.0. The molecule has 0 aliphatic carbocycles. The molecule has 0 aliphatic heterocycles. The van der Waals surface area contributed by atoms with Gasteiger partial charge in [-0.3, -0.25) is 9.59 Å². The van der Waals surface area contributed by atoms with Crippen LogP contribution in [0.15, 0.2) is 122 Å². The monoisotopic (exact) mass is 1280 g/mol. The van der Waals surface area contributed by atoms with E-state index in [0.717, 1.165) is 96.3 Å². The fourth-order valence-electron chi connectivity index (χ4n) is 10.7. The van der Waals surface area contributed by atoms with Gasteiger partial charge >= 0.3 is 11.9 Å². The minimum absolute atomic E-state index is 0.134. The Hall–Kier alpha value is -4.31. The molecule has 9 heteroatoms. The topological polar surface area (TPSA) is 111 Å². The van der Waals surface area contributed by atoms with E-state index in [1.807, 2.05) is 21.1 Å². The maximum atomic E-state index is 12.9. The number of hydrogen-bond donors (Lipinski definition) is 0. The molecule has 0 fully saturated rings. The van der Waals surface area contributed by atoms with Gasteiger partial charge in [0.15, 0.2) is 12.4 Å². The van der Waals surface area contributed by atoms with Gasteiger partial charge in [0.05, 0.1) is 40.3 Å². The number of aliphatic carboxylic acids is 1. The average Bonchev–Trinajstić information content (AvgIpc) is 3.69. The van der Waals surface area contributed by atoms with E-state index in [9.17, 15) is 19.5 Å². The number of hydrogen-bond acceptors (Lipinski definition) is 8. The SMILES string of the molecule is CC/C=C\C/C=C\C/C=C\C/C=C\C/C=C\C/C=C\C/C=C\C/C=C\C/C=C\C/C=C\CCCCC(=O)OC(COC(=O)CCCCCCCCCCCCCCCCCCCCCCCCCCCCCCCCCCCC)COC(OCC[N+](C)(C)C)C(=O)[O-]. The lowest BCUT2D eigenvalue weighted by atomic mass is 10.0. The van der Waals surface area contributed by atoms with Gasteiger partial charge in [-0.2, -0.15) is 0 Å². The van der Waals surface area contributed by atoms with E-state index in [2.05, 4.69) is 135 Å². The van der Waals surface area contributed by atoms with Crippen LogP contribution in [0.1, 0.15) is 328 Å². The van der Waals surface area contributed by atoms with E-state index in [4.69, 9.17) is 18.9 Å². The molecule has 0 rings (SSSR count). The van der Waals surface area contributed by atoms with Crippen molar-refractivity contribution in [1.82, 2.24) is 0 Å². The number of rotatable bonds is 70. The van der Waals surface area contributed by atoms with Crippen molar-refractivity contribution >= 4 is 17.9 Å². The summed E-state index contributed by atoms with van der Waals surface area (Å²) in [4.78, 5) is 37.5. The Labute approximate surface area is 567 Å². The molecule has 0 aromatic rings. The maximum absolute atomic E-state index is 12.9. The number of allylic oxidation sites excluding steroid dienone is 20. The lowest BCUT2D eigenvalue weighted by Gasteiger charge is -2.26. The number of esters is 2. The second-order valence-corrected chi connectivity index (χ2v) is 26.6. The van der Waals surface area contributed by atoms with Gasteiger partial charge in [-0.25, -0.2) is 0 Å². The molecule has 0 saturated carbocycles. The van der Waals surface area contributed by atoms with Crippen LogP contribution >= 0.6 is 0 Å². The Morgan fingerprint density at radius 3 is 0.924 bits per heavy atom. The molecule has 0 spiro atoms. The summed E-state index contributed by atoms with van der Waals surface area (Å²) in [7, 11) is 5.92. The second kappa shape index (κ2) is 72.5. The summed E-state index contributed by atoms with van der Waals surface area (Å²) in [5, 5.41) is 11.8. The minimum atomic E-state index is -1.64. The maximum Gasteiger partial charge on any atom is 0.306 e. The Kier molecular flexibility index (Phi) is 69.1. The highest BCUT2D eigenvalue weighted by atomic mass is 16.7. The number of quaternary nitrogens is 1. The van der Waals surface area contributed by atoms with E-state index in [0.29, 0.717) is 17.4 Å². The zero-order chi connectivity index (χ0) is 66.8. The van der Waals surface area contributed by atoms with Crippen LogP contribution in [0.25, 0.3) is 0 Å². The number of ether oxygens (including phenoxy) is 4. The molecule has 0 saturated heterocycles. The molecule has 0 amide bonds. The van der Waals surface area contributed by atoms with E-state index in [1.54, 1.807) is 0 Å². The van der Waals surface area contributed by atoms with Crippen molar-refractivity contribution < 1.29 is 42.9 Å². The van der Waals surface area contributed by atoms with Gasteiger partial charge in [-0.05, 0) is 89.9 Å². The van der Waals surface area contributed by atoms with Gasteiger partial charge in [0.2, 0.25) is 0 Å². The van der Waals surface area contributed by atoms with Gasteiger partial charge in [0, 0.05) is 12.8 Å². The van der Waals surface area contributed by atoms with Crippen molar-refractivity contribution in [2.24, 2.45) is 0 Å². The third-order valence-electron chi connectivity index (χ3n) is 16.5. The van der Waals surface area contributed by atoms with Gasteiger partial charge in [0.1, 0.15) is 13.2 Å². The molecule has 0 bridgehead atoms. The van der Waals surface area contributed by atoms with Crippen LogP contribution < -0.4 is 5.11 Å². The summed E-state index contributed by atoms with van der Waals surface area (Å²) in [6.45, 7) is 4.61. The smallest absolute Gasteiger partial charge is 0.306 e. The zero-order valence-corrected chi connectivity index (χ0v) is 60.4. The molecule has 9 nitrogen and oxygen atoms in total. The molecule has 0 aromatic heterocycles. The van der Waals surface area contributed by atoms with E-state index >= 15 is 0 Å². The van der Waals surface area contributed by atoms with Crippen molar-refractivity contribution in [2.45, 2.75) is 341 Å². The van der Waals surface area contributed by atoms with Crippen molar-refractivity contribution in [1.29, 1.82) is 0 Å². The number of nitrogens with zero attached hydrogens (tertiary/aromatic N) is 1. The molecule has 0 aromatic carbocycles. The van der Waals surface area contributed by atoms with E-state index in [1.165, 1.54) is 199 Å². The van der Waals surface area contributed by atoms with Gasteiger partial charge < -0.3 is 33.3 Å². The number of likely N-dealkylation sites (N-methyl/N-ethyl adjacent to an activating group) is 1. The lowest BCUT2D eigenvalue weighted by Crippen LogP contribution is -2.44. The van der Waals surface area contributed by atoms with Crippen molar-refractivity contribution in [3.8, 4) is 0 Å². The fourth-order valence-corrected chi connectivity index (χ4v) is 10.7. The standard InChI is InChI=1S/C83H143NO8/c1-6-8-10-12-14-16-18-20-22-24-26-28-30-32-34-36-38-40-42-43-45-47-49-51-53-55-57-59-61-63-65-67-69-71-73-80(85)90-77-79(78-91-83(82(87)88)89-76-75-84(3,4)5)92-81(86)74-72-70-68-66-64-62-60-58-56-54-52-50-48-46-44-41-39-37-35-33-31-29-27-25-23-21-19-17-15-13-11-9-7-2/h9,11,15,17,21,23,27,29,33,35,39,41,46,48,52,54,58,60,64,66,79,83H,6-8,10,12-14,16,18-20,22,24-26,28,30-32,34,36-38,40,42-45,47,49-51,53,55-57,59,61-63,65,67-78H2,1-5H3/b11-9-,17-15-,23-21-,29-27-,35-33-,41-39-,48-46-,54-52-,60-58-,66-64-. The third kappa shape index (κ3) is 73.1. The summed E-state index contributed by atoms with van der Waals surface area (Å²) >= 11 is 0. The van der Waals surface area contributed by atoms with Crippen LogP contribution in [0.5, 0.6) is 0 Å². The zero-order valence-electron chi connectivity index (χ0n) is 60.4. The highest BCUT2D eigenvalue weighted by Crippen LogP contribution is 2.18. The largest absolute Gasteiger partial charge is 0.545 e. The highest BCUT2D eigenvalue weighted by molar-refractivity contribution is 5.70. The van der Waals surface area contributed by atoms with Crippen LogP contribution in [0.3, 0.4) is 0 Å². The summed E-state index contributed by atoms with van der Waals surface area (Å²) < 4.78 is 22.8. The first-order chi connectivity index (χ1) is 45.1. The Morgan fingerprint density at radius 1 is 0.337 bits per heavy atom. The van der Waals surface area contributed by atoms with Crippen LogP contribution in [0.2, 0.25) is 0 Å². The molecular formula is C83H143NO8. The fraction of sp³-hybridized carbons (Fsp3) is 0.723. The second-order valence-electron chi connectivity index (χ2n) is 26.6. The summed E-state index contributed by atoms with van der Waals surface area (Å²) in [5.41, 5.74) is 0. The quantitative estimate of drug-likeness (QED) is 0.0195. The molecule has 528 valence electrons. The number of carboxylic acids is 1.